The van der Waals surface area contributed by atoms with E-state index in [1.54, 1.807) is 0 Å². The fourth-order valence-corrected chi connectivity index (χ4v) is 2.29. The largest absolute Gasteiger partial charge is 0.480 e. The second-order valence-electron chi connectivity index (χ2n) is 3.85. The van der Waals surface area contributed by atoms with Crippen LogP contribution in [0.15, 0.2) is 0 Å². The summed E-state index contributed by atoms with van der Waals surface area (Å²) in [5.41, 5.74) is 0. The summed E-state index contributed by atoms with van der Waals surface area (Å²) in [4.78, 5) is 24.2. The number of rotatable bonds is 2. The number of carbonyl (C=O) groups excluding carboxylic acids is 1. The normalized spacial score (nSPS) is 33.9. The number of carboxylic acids is 1. The molecule has 2 heterocycles. The Hall–Kier alpha value is -0.940. The van der Waals surface area contributed by atoms with E-state index in [9.17, 15) is 9.59 Å². The van der Waals surface area contributed by atoms with Crippen molar-refractivity contribution in [3.8, 4) is 0 Å². The zero-order chi connectivity index (χ0) is 10.1. The molecule has 2 N–H and O–H groups in total. The minimum Gasteiger partial charge on any atom is -0.480 e. The first-order valence-electron chi connectivity index (χ1n) is 4.92. The Bertz CT molecular complexity index is 267. The fourth-order valence-electron chi connectivity index (χ4n) is 2.29. The van der Waals surface area contributed by atoms with Gasteiger partial charge >= 0.3 is 5.97 Å². The van der Waals surface area contributed by atoms with E-state index in [1.165, 1.54) is 0 Å². The summed E-state index contributed by atoms with van der Waals surface area (Å²) in [6, 6.07) is -0.664. The van der Waals surface area contributed by atoms with Crippen LogP contribution in [-0.2, 0) is 9.59 Å². The number of aliphatic carboxylic acids is 1. The number of Topliss-reactive ketones (excluding diaryl/α,β-unsaturated/α-hetero) is 1. The molecule has 2 aliphatic rings. The highest BCUT2D eigenvalue weighted by atomic mass is 16.4. The first-order valence-corrected chi connectivity index (χ1v) is 4.92. The van der Waals surface area contributed by atoms with Gasteiger partial charge in [-0.3, -0.25) is 14.5 Å². The Morgan fingerprint density at radius 1 is 1.57 bits per heavy atom. The van der Waals surface area contributed by atoms with Crippen LogP contribution in [0.5, 0.6) is 0 Å². The molecule has 2 atom stereocenters. The summed E-state index contributed by atoms with van der Waals surface area (Å²) >= 11 is 0. The van der Waals surface area contributed by atoms with Crippen molar-refractivity contribution < 1.29 is 14.7 Å². The van der Waals surface area contributed by atoms with Crippen LogP contribution in [0.4, 0.5) is 0 Å². The molecule has 78 valence electrons. The van der Waals surface area contributed by atoms with Crippen molar-refractivity contribution in [1.82, 2.24) is 10.2 Å². The zero-order valence-electron chi connectivity index (χ0n) is 7.90. The lowest BCUT2D eigenvalue weighted by molar-refractivity contribution is -0.143. The van der Waals surface area contributed by atoms with E-state index in [0.29, 0.717) is 19.5 Å². The van der Waals surface area contributed by atoms with Crippen LogP contribution in [0.25, 0.3) is 0 Å². The quantitative estimate of drug-likeness (QED) is 0.600. The highest BCUT2D eigenvalue weighted by Gasteiger charge is 2.39. The minimum atomic E-state index is -0.804. The number of carboxylic acid groups (broad SMARTS) is 1. The van der Waals surface area contributed by atoms with Crippen molar-refractivity contribution in [3.63, 3.8) is 0 Å². The molecule has 14 heavy (non-hydrogen) atoms. The molecule has 0 amide bonds. The van der Waals surface area contributed by atoms with Crippen molar-refractivity contribution in [3.05, 3.63) is 0 Å². The molecular weight excluding hydrogens is 184 g/mol. The maximum atomic E-state index is 11.4. The van der Waals surface area contributed by atoms with E-state index in [4.69, 9.17) is 5.11 Å². The predicted octanol–water partition coefficient (Wildman–Crippen LogP) is -0.924. The smallest absolute Gasteiger partial charge is 0.320 e. The summed E-state index contributed by atoms with van der Waals surface area (Å²) in [5, 5.41) is 11.9. The number of hydrogen-bond donors (Lipinski definition) is 2. The lowest BCUT2D eigenvalue weighted by Gasteiger charge is -2.25. The SMILES string of the molecule is O=C(O)C1CCCN1C1CNCC1=O. The third-order valence-electron chi connectivity index (χ3n) is 2.99. The van der Waals surface area contributed by atoms with Gasteiger partial charge in [-0.05, 0) is 19.4 Å². The van der Waals surface area contributed by atoms with Crippen LogP contribution < -0.4 is 5.32 Å². The van der Waals surface area contributed by atoms with E-state index in [2.05, 4.69) is 5.32 Å². The Morgan fingerprint density at radius 2 is 2.36 bits per heavy atom. The van der Waals surface area contributed by atoms with Crippen LogP contribution in [0.3, 0.4) is 0 Å². The maximum absolute atomic E-state index is 11.4. The summed E-state index contributed by atoms with van der Waals surface area (Å²) in [7, 11) is 0. The van der Waals surface area contributed by atoms with Gasteiger partial charge in [0.25, 0.3) is 0 Å². The van der Waals surface area contributed by atoms with E-state index >= 15 is 0 Å². The third kappa shape index (κ3) is 1.53. The standard InChI is InChI=1S/C9H14N2O3/c12-8-5-10-4-7(8)11-3-1-2-6(11)9(13)14/h6-7,10H,1-5H2,(H,13,14). The molecule has 0 spiro atoms. The molecule has 2 fully saturated rings. The van der Waals surface area contributed by atoms with Gasteiger partial charge < -0.3 is 10.4 Å². The van der Waals surface area contributed by atoms with Gasteiger partial charge in [0, 0.05) is 6.54 Å². The molecule has 0 aromatic heterocycles. The first kappa shape index (κ1) is 9.61. The summed E-state index contributed by atoms with van der Waals surface area (Å²) in [6.07, 6.45) is 1.54. The van der Waals surface area contributed by atoms with Crippen LogP contribution >= 0.6 is 0 Å². The van der Waals surface area contributed by atoms with Gasteiger partial charge in [0.1, 0.15) is 6.04 Å². The molecule has 2 rings (SSSR count). The van der Waals surface area contributed by atoms with Crippen LogP contribution in [-0.4, -0.2) is 53.5 Å². The number of nitrogens with zero attached hydrogens (tertiary/aromatic N) is 1. The number of likely N-dealkylation sites (tertiary alicyclic amines) is 1. The molecule has 0 saturated carbocycles. The second-order valence-corrected chi connectivity index (χ2v) is 3.85. The number of nitrogens with one attached hydrogen (secondary N) is 1. The van der Waals surface area contributed by atoms with Crippen molar-refractivity contribution in [1.29, 1.82) is 0 Å². The molecule has 5 nitrogen and oxygen atoms in total. The first-order chi connectivity index (χ1) is 6.70. The average Bonchev–Trinajstić information content (AvgIpc) is 2.70. The number of carbonyl (C=O) groups is 2. The fraction of sp³-hybridized carbons (Fsp3) is 0.778. The van der Waals surface area contributed by atoms with Gasteiger partial charge in [-0.1, -0.05) is 0 Å². The zero-order valence-corrected chi connectivity index (χ0v) is 7.90. The molecule has 0 radical (unpaired) electrons. The van der Waals surface area contributed by atoms with Crippen molar-refractivity contribution in [2.24, 2.45) is 0 Å². The van der Waals surface area contributed by atoms with Gasteiger partial charge in [-0.25, -0.2) is 0 Å². The summed E-state index contributed by atoms with van der Waals surface area (Å²) < 4.78 is 0. The molecule has 0 aliphatic carbocycles. The van der Waals surface area contributed by atoms with Crippen molar-refractivity contribution in [2.45, 2.75) is 24.9 Å². The molecule has 5 heteroatoms. The molecule has 0 aromatic rings. The Balaban J connectivity index is 2.09. The second kappa shape index (κ2) is 3.67. The number of hydrogen-bond acceptors (Lipinski definition) is 4. The Labute approximate surface area is 82.1 Å². The summed E-state index contributed by atoms with van der Waals surface area (Å²) in [6.45, 7) is 1.71. The van der Waals surface area contributed by atoms with Crippen LogP contribution in [0.2, 0.25) is 0 Å². The van der Waals surface area contributed by atoms with Crippen molar-refractivity contribution >= 4 is 11.8 Å². The van der Waals surface area contributed by atoms with Crippen molar-refractivity contribution in [2.75, 3.05) is 19.6 Å². The van der Waals surface area contributed by atoms with Crippen LogP contribution in [0, 0.1) is 0 Å². The highest BCUT2D eigenvalue weighted by Crippen LogP contribution is 2.21. The Kier molecular flexibility index (Phi) is 2.52. The van der Waals surface area contributed by atoms with Gasteiger partial charge in [-0.2, -0.15) is 0 Å². The summed E-state index contributed by atoms with van der Waals surface area (Å²) in [5.74, 6) is -0.680. The van der Waals surface area contributed by atoms with Gasteiger partial charge in [0.2, 0.25) is 0 Å². The van der Waals surface area contributed by atoms with Gasteiger partial charge in [0.15, 0.2) is 5.78 Å². The minimum absolute atomic E-state index is 0.123. The molecule has 2 aliphatic heterocycles. The lowest BCUT2D eigenvalue weighted by atomic mass is 10.1. The lowest BCUT2D eigenvalue weighted by Crippen LogP contribution is -2.47. The third-order valence-corrected chi connectivity index (χ3v) is 2.99. The van der Waals surface area contributed by atoms with Gasteiger partial charge in [-0.15, -0.1) is 0 Å². The predicted molar refractivity (Wildman–Crippen MR) is 49.0 cm³/mol. The average molecular weight is 198 g/mol. The topological polar surface area (TPSA) is 69.6 Å². The van der Waals surface area contributed by atoms with Gasteiger partial charge in [0.05, 0.1) is 12.6 Å². The van der Waals surface area contributed by atoms with Crippen LogP contribution in [0.1, 0.15) is 12.8 Å². The van der Waals surface area contributed by atoms with E-state index in [0.717, 1.165) is 13.0 Å². The Morgan fingerprint density at radius 3 is 2.93 bits per heavy atom. The van der Waals surface area contributed by atoms with E-state index in [1.807, 2.05) is 4.90 Å². The monoisotopic (exact) mass is 198 g/mol. The maximum Gasteiger partial charge on any atom is 0.320 e. The van der Waals surface area contributed by atoms with E-state index in [-0.39, 0.29) is 11.8 Å². The highest BCUT2D eigenvalue weighted by molar-refractivity contribution is 5.89. The molecule has 2 unspecified atom stereocenters. The molecular formula is C9H14N2O3. The molecule has 0 aromatic carbocycles. The number of ketones is 1. The molecule has 0 bridgehead atoms. The van der Waals surface area contributed by atoms with E-state index < -0.39 is 12.0 Å². The molecule has 2 saturated heterocycles.